The number of carbonyl (C=O) groups excluding carboxylic acids is 1. The number of nitrogens with one attached hydrogen (secondary N) is 2. The summed E-state index contributed by atoms with van der Waals surface area (Å²) in [5.74, 6) is 1.17. The predicted molar refractivity (Wildman–Crippen MR) is 90.4 cm³/mol. The number of thiophene rings is 1. The Labute approximate surface area is 137 Å². The van der Waals surface area contributed by atoms with Gasteiger partial charge < -0.3 is 5.32 Å². The first-order valence-electron chi connectivity index (χ1n) is 7.53. The highest BCUT2D eigenvalue weighted by Crippen LogP contribution is 2.50. The summed E-state index contributed by atoms with van der Waals surface area (Å²) in [4.78, 5) is 18.1. The molecule has 1 aliphatic carbocycles. The Bertz CT molecular complexity index is 840. The summed E-state index contributed by atoms with van der Waals surface area (Å²) in [6.45, 7) is 2.11. The molecular weight excluding hydrogens is 308 g/mol. The van der Waals surface area contributed by atoms with Crippen LogP contribution in [0.3, 0.4) is 0 Å². The maximum absolute atomic E-state index is 12.6. The molecule has 0 saturated heterocycles. The van der Waals surface area contributed by atoms with Crippen molar-refractivity contribution in [3.63, 3.8) is 0 Å². The molecule has 1 aliphatic rings. The lowest BCUT2D eigenvalue weighted by Crippen LogP contribution is -2.15. The maximum atomic E-state index is 12.6. The predicted octanol–water partition coefficient (Wildman–Crippen LogP) is 3.58. The minimum Gasteiger partial charge on any atom is -0.325 e. The highest BCUT2D eigenvalue weighted by atomic mass is 32.1. The zero-order chi connectivity index (χ0) is 15.8. The van der Waals surface area contributed by atoms with Gasteiger partial charge in [0.15, 0.2) is 5.82 Å². The molecule has 0 radical (unpaired) electrons. The molecule has 1 aromatic carbocycles. The van der Waals surface area contributed by atoms with Crippen LogP contribution in [0.5, 0.6) is 0 Å². The van der Waals surface area contributed by atoms with Crippen molar-refractivity contribution in [2.45, 2.75) is 19.3 Å². The molecule has 2 heterocycles. The van der Waals surface area contributed by atoms with Gasteiger partial charge in [0.1, 0.15) is 6.33 Å². The summed E-state index contributed by atoms with van der Waals surface area (Å²) >= 11 is 1.75. The molecule has 1 saturated carbocycles. The van der Waals surface area contributed by atoms with Gasteiger partial charge in [0.25, 0.3) is 0 Å². The largest absolute Gasteiger partial charge is 0.325 e. The van der Waals surface area contributed by atoms with Gasteiger partial charge in [0.05, 0.1) is 5.69 Å². The summed E-state index contributed by atoms with van der Waals surface area (Å²) in [6.07, 6.45) is 2.39. The Balaban J connectivity index is 1.52. The molecule has 1 amide bonds. The van der Waals surface area contributed by atoms with Crippen molar-refractivity contribution in [1.82, 2.24) is 15.2 Å². The topological polar surface area (TPSA) is 70.7 Å². The van der Waals surface area contributed by atoms with E-state index < -0.39 is 0 Å². The lowest BCUT2D eigenvalue weighted by Gasteiger charge is -2.09. The van der Waals surface area contributed by atoms with Crippen LogP contribution < -0.4 is 5.32 Å². The molecule has 2 atom stereocenters. The number of aromatic amines is 1. The van der Waals surface area contributed by atoms with Crippen molar-refractivity contribution < 1.29 is 4.79 Å². The zero-order valence-electron chi connectivity index (χ0n) is 12.6. The molecule has 6 heteroatoms. The van der Waals surface area contributed by atoms with Crippen molar-refractivity contribution in [2.75, 3.05) is 5.32 Å². The maximum Gasteiger partial charge on any atom is 0.228 e. The number of amides is 1. The quantitative estimate of drug-likeness (QED) is 0.770. The van der Waals surface area contributed by atoms with E-state index in [1.54, 1.807) is 11.3 Å². The summed E-state index contributed by atoms with van der Waals surface area (Å²) in [6, 6.07) is 9.76. The Morgan fingerprint density at radius 3 is 2.96 bits per heavy atom. The van der Waals surface area contributed by atoms with E-state index in [1.807, 2.05) is 24.3 Å². The lowest BCUT2D eigenvalue weighted by molar-refractivity contribution is -0.117. The van der Waals surface area contributed by atoms with E-state index in [-0.39, 0.29) is 11.8 Å². The van der Waals surface area contributed by atoms with Gasteiger partial charge in [-0.15, -0.1) is 11.3 Å². The summed E-state index contributed by atoms with van der Waals surface area (Å²) in [5.41, 5.74) is 2.91. The molecule has 3 aromatic rings. The number of nitrogens with zero attached hydrogens (tertiary/aromatic N) is 2. The van der Waals surface area contributed by atoms with E-state index in [0.717, 1.165) is 17.7 Å². The van der Waals surface area contributed by atoms with Gasteiger partial charge >= 0.3 is 0 Å². The third-order valence-corrected chi connectivity index (χ3v) is 5.37. The van der Waals surface area contributed by atoms with Crippen molar-refractivity contribution in [3.05, 3.63) is 52.5 Å². The number of rotatable bonds is 4. The second-order valence-electron chi connectivity index (χ2n) is 5.79. The van der Waals surface area contributed by atoms with Crippen LogP contribution in [0.1, 0.15) is 22.8 Å². The van der Waals surface area contributed by atoms with Gasteiger partial charge in [0.2, 0.25) is 5.91 Å². The molecule has 0 spiro atoms. The molecule has 4 rings (SSSR count). The van der Waals surface area contributed by atoms with Gasteiger partial charge in [-0.2, -0.15) is 5.10 Å². The molecule has 0 aliphatic heterocycles. The highest BCUT2D eigenvalue weighted by molar-refractivity contribution is 7.10. The minimum absolute atomic E-state index is 0.0649. The SMILES string of the molecule is Cc1ccsc1C1CC1C(=O)Nc1ccccc1-c1ncn[nH]1. The van der Waals surface area contributed by atoms with Crippen LogP contribution in [0.4, 0.5) is 5.69 Å². The molecule has 23 heavy (non-hydrogen) atoms. The monoisotopic (exact) mass is 324 g/mol. The van der Waals surface area contributed by atoms with Crippen LogP contribution in [0.25, 0.3) is 11.4 Å². The molecule has 116 valence electrons. The van der Waals surface area contributed by atoms with Gasteiger partial charge in [-0.05, 0) is 42.5 Å². The van der Waals surface area contributed by atoms with Crippen LogP contribution in [-0.2, 0) is 4.79 Å². The van der Waals surface area contributed by atoms with Gasteiger partial charge in [-0.3, -0.25) is 9.89 Å². The summed E-state index contributed by atoms with van der Waals surface area (Å²) < 4.78 is 0. The van der Waals surface area contributed by atoms with Crippen molar-refractivity contribution in [3.8, 4) is 11.4 Å². The average Bonchev–Trinajstić information content (AvgIpc) is 2.95. The standard InChI is InChI=1S/C17H16N4OS/c1-10-6-7-23-15(10)12-8-13(12)17(22)20-14-5-3-2-4-11(14)16-18-9-19-21-16/h2-7,9,12-13H,8H2,1H3,(H,20,22)(H,18,19,21). The minimum atomic E-state index is 0.0649. The number of hydrogen-bond acceptors (Lipinski definition) is 4. The molecule has 2 aromatic heterocycles. The Kier molecular flexibility index (Phi) is 3.46. The van der Waals surface area contributed by atoms with Gasteiger partial charge in [0, 0.05) is 22.3 Å². The molecule has 2 unspecified atom stereocenters. The number of aryl methyl sites for hydroxylation is 1. The lowest BCUT2D eigenvalue weighted by atomic mass is 10.1. The van der Waals surface area contributed by atoms with Crippen molar-refractivity contribution in [2.24, 2.45) is 5.92 Å². The van der Waals surface area contributed by atoms with Crippen molar-refractivity contribution >= 4 is 22.9 Å². The number of aromatic nitrogens is 3. The Morgan fingerprint density at radius 1 is 1.35 bits per heavy atom. The van der Waals surface area contributed by atoms with Crippen LogP contribution in [0.15, 0.2) is 42.0 Å². The van der Waals surface area contributed by atoms with E-state index in [0.29, 0.717) is 11.7 Å². The first-order valence-corrected chi connectivity index (χ1v) is 8.41. The highest BCUT2D eigenvalue weighted by Gasteiger charge is 2.45. The third-order valence-electron chi connectivity index (χ3n) is 4.22. The van der Waals surface area contributed by atoms with Crippen LogP contribution in [0, 0.1) is 12.8 Å². The van der Waals surface area contributed by atoms with E-state index in [4.69, 9.17) is 0 Å². The summed E-state index contributed by atoms with van der Waals surface area (Å²) in [7, 11) is 0. The fourth-order valence-electron chi connectivity index (χ4n) is 2.90. The number of H-pyrrole nitrogens is 1. The van der Waals surface area contributed by atoms with E-state index >= 15 is 0 Å². The van der Waals surface area contributed by atoms with E-state index in [9.17, 15) is 4.79 Å². The number of carbonyl (C=O) groups is 1. The first kappa shape index (κ1) is 14.1. The van der Waals surface area contributed by atoms with Gasteiger partial charge in [-0.25, -0.2) is 4.98 Å². The zero-order valence-corrected chi connectivity index (χ0v) is 13.4. The first-order chi connectivity index (χ1) is 11.2. The molecule has 1 fully saturated rings. The number of anilines is 1. The normalized spacial score (nSPS) is 19.5. The second kappa shape index (κ2) is 5.62. The smallest absolute Gasteiger partial charge is 0.228 e. The van der Waals surface area contributed by atoms with Crippen LogP contribution >= 0.6 is 11.3 Å². The Morgan fingerprint density at radius 2 is 2.22 bits per heavy atom. The Hall–Kier alpha value is -2.47. The molecular formula is C17H16N4OS. The number of para-hydroxylation sites is 1. The molecule has 5 nitrogen and oxygen atoms in total. The van der Waals surface area contributed by atoms with Gasteiger partial charge in [-0.1, -0.05) is 12.1 Å². The van der Waals surface area contributed by atoms with Crippen LogP contribution in [-0.4, -0.2) is 21.1 Å². The number of hydrogen-bond donors (Lipinski definition) is 2. The molecule has 2 N–H and O–H groups in total. The van der Waals surface area contributed by atoms with E-state index in [2.05, 4.69) is 38.9 Å². The number of benzene rings is 1. The van der Waals surface area contributed by atoms with Crippen LogP contribution in [0.2, 0.25) is 0 Å². The van der Waals surface area contributed by atoms with Crippen molar-refractivity contribution in [1.29, 1.82) is 0 Å². The fourth-order valence-corrected chi connectivity index (χ4v) is 4.01. The fraction of sp³-hybridized carbons (Fsp3) is 0.235. The molecule has 0 bridgehead atoms. The second-order valence-corrected chi connectivity index (χ2v) is 6.73. The third kappa shape index (κ3) is 2.66. The summed E-state index contributed by atoms with van der Waals surface area (Å²) in [5, 5.41) is 11.9. The average molecular weight is 324 g/mol. The van der Waals surface area contributed by atoms with E-state index in [1.165, 1.54) is 16.8 Å².